The van der Waals surface area contributed by atoms with Crippen molar-refractivity contribution in [2.75, 3.05) is 32.7 Å². The quantitative estimate of drug-likeness (QED) is 0.841. The minimum atomic E-state index is -0.145. The maximum Gasteiger partial charge on any atom is 0.254 e. The zero-order valence-corrected chi connectivity index (χ0v) is 13.6. The highest BCUT2D eigenvalue weighted by Gasteiger charge is 2.43. The van der Waals surface area contributed by atoms with E-state index in [-0.39, 0.29) is 17.6 Å². The Bertz CT molecular complexity index is 509. The van der Waals surface area contributed by atoms with Crippen LogP contribution in [0.1, 0.15) is 37.0 Å². The zero-order valence-electron chi connectivity index (χ0n) is 13.6. The summed E-state index contributed by atoms with van der Waals surface area (Å²) in [6, 6.07) is 9.59. The molecule has 2 fully saturated rings. The average molecular weight is 302 g/mol. The van der Waals surface area contributed by atoms with Crippen molar-refractivity contribution in [1.29, 1.82) is 0 Å². The van der Waals surface area contributed by atoms with Crippen molar-refractivity contribution in [3.63, 3.8) is 0 Å². The molecule has 0 aliphatic carbocycles. The lowest BCUT2D eigenvalue weighted by Gasteiger charge is -2.49. The number of morpholine rings is 1. The highest BCUT2D eigenvalue weighted by molar-refractivity contribution is 5.94. The van der Waals surface area contributed by atoms with Crippen molar-refractivity contribution in [3.8, 4) is 0 Å². The Balaban J connectivity index is 1.73. The molecule has 4 heteroatoms. The Kier molecular flexibility index (Phi) is 4.50. The van der Waals surface area contributed by atoms with E-state index in [0.29, 0.717) is 6.54 Å². The zero-order chi connectivity index (χ0) is 15.6. The molecule has 2 aliphatic rings. The smallest absolute Gasteiger partial charge is 0.254 e. The van der Waals surface area contributed by atoms with E-state index in [4.69, 9.17) is 4.74 Å². The number of likely N-dealkylation sites (tertiary alicyclic amines) is 1. The van der Waals surface area contributed by atoms with Crippen molar-refractivity contribution in [1.82, 2.24) is 9.80 Å². The molecule has 1 atom stereocenters. The van der Waals surface area contributed by atoms with Gasteiger partial charge < -0.3 is 14.5 Å². The molecule has 1 amide bonds. The van der Waals surface area contributed by atoms with Crippen LogP contribution in [0.15, 0.2) is 30.3 Å². The van der Waals surface area contributed by atoms with Gasteiger partial charge in [-0.05, 0) is 38.4 Å². The second-order valence-corrected chi connectivity index (χ2v) is 6.60. The highest BCUT2D eigenvalue weighted by atomic mass is 16.5. The van der Waals surface area contributed by atoms with Crippen molar-refractivity contribution < 1.29 is 9.53 Å². The Labute approximate surface area is 133 Å². The van der Waals surface area contributed by atoms with Crippen LogP contribution in [0.5, 0.6) is 0 Å². The lowest BCUT2D eigenvalue weighted by atomic mass is 9.88. The topological polar surface area (TPSA) is 32.8 Å². The number of nitrogens with zero attached hydrogens (tertiary/aromatic N) is 2. The highest BCUT2D eigenvalue weighted by Crippen LogP contribution is 2.32. The Morgan fingerprint density at radius 1 is 1.27 bits per heavy atom. The molecule has 0 bridgehead atoms. The van der Waals surface area contributed by atoms with E-state index in [2.05, 4.69) is 18.7 Å². The Hall–Kier alpha value is -1.39. The molecule has 120 valence electrons. The molecule has 4 nitrogen and oxygen atoms in total. The first kappa shape index (κ1) is 15.5. The second kappa shape index (κ2) is 6.39. The predicted octanol–water partition coefficient (Wildman–Crippen LogP) is 2.40. The van der Waals surface area contributed by atoms with Crippen LogP contribution in [0, 0.1) is 0 Å². The van der Waals surface area contributed by atoms with Crippen LogP contribution in [-0.2, 0) is 4.74 Å². The average Bonchev–Trinajstić information content (AvgIpc) is 2.55. The summed E-state index contributed by atoms with van der Waals surface area (Å²) in [7, 11) is 0. The molecule has 1 spiro atoms. The largest absolute Gasteiger partial charge is 0.368 e. The third kappa shape index (κ3) is 3.18. The van der Waals surface area contributed by atoms with Gasteiger partial charge in [0.05, 0.1) is 18.2 Å². The van der Waals surface area contributed by atoms with Crippen molar-refractivity contribution in [2.24, 2.45) is 0 Å². The van der Waals surface area contributed by atoms with Gasteiger partial charge in [-0.3, -0.25) is 4.79 Å². The SMILES string of the molecule is CCN1CCC2(CC1)CN(C(=O)c1ccccc1)C[C@@H](C)O2. The van der Waals surface area contributed by atoms with Crippen LogP contribution in [0.3, 0.4) is 0 Å². The first-order valence-electron chi connectivity index (χ1n) is 8.36. The van der Waals surface area contributed by atoms with E-state index in [1.807, 2.05) is 35.2 Å². The molecule has 0 radical (unpaired) electrons. The second-order valence-electron chi connectivity index (χ2n) is 6.60. The summed E-state index contributed by atoms with van der Waals surface area (Å²) in [5.41, 5.74) is 0.631. The molecule has 2 saturated heterocycles. The Morgan fingerprint density at radius 3 is 2.59 bits per heavy atom. The summed E-state index contributed by atoms with van der Waals surface area (Å²) < 4.78 is 6.30. The molecule has 0 unspecified atom stereocenters. The maximum absolute atomic E-state index is 12.8. The fourth-order valence-corrected chi connectivity index (χ4v) is 3.69. The third-order valence-corrected chi connectivity index (χ3v) is 4.93. The molecule has 3 rings (SSSR count). The number of hydrogen-bond donors (Lipinski definition) is 0. The molecular weight excluding hydrogens is 276 g/mol. The van der Waals surface area contributed by atoms with Crippen LogP contribution in [0.25, 0.3) is 0 Å². The van der Waals surface area contributed by atoms with Crippen LogP contribution in [-0.4, -0.2) is 60.1 Å². The minimum absolute atomic E-state index is 0.106. The van der Waals surface area contributed by atoms with Gasteiger partial charge in [0, 0.05) is 25.2 Å². The number of hydrogen-bond acceptors (Lipinski definition) is 3. The molecule has 0 aromatic heterocycles. The number of rotatable bonds is 2. The standard InChI is InChI=1S/C18H26N2O2/c1-3-19-11-9-18(10-12-19)14-20(13-15(2)22-18)17(21)16-7-5-4-6-8-16/h4-8,15H,3,9-14H2,1-2H3/t15-/m1/s1. The summed E-state index contributed by atoms with van der Waals surface area (Å²) >= 11 is 0. The van der Waals surface area contributed by atoms with Gasteiger partial charge in [-0.2, -0.15) is 0 Å². The summed E-state index contributed by atoms with van der Waals surface area (Å²) in [6.07, 6.45) is 2.14. The molecule has 1 aromatic carbocycles. The fourth-order valence-electron chi connectivity index (χ4n) is 3.69. The summed E-state index contributed by atoms with van der Waals surface area (Å²) in [4.78, 5) is 17.2. The van der Waals surface area contributed by atoms with E-state index in [0.717, 1.165) is 44.6 Å². The summed E-state index contributed by atoms with van der Waals surface area (Å²) in [5.74, 6) is 0.132. The van der Waals surface area contributed by atoms with Gasteiger partial charge in [-0.1, -0.05) is 25.1 Å². The van der Waals surface area contributed by atoms with Crippen LogP contribution >= 0.6 is 0 Å². The Morgan fingerprint density at radius 2 is 1.95 bits per heavy atom. The molecule has 2 aliphatic heterocycles. The number of carbonyl (C=O) groups excluding carboxylic acids is 1. The van der Waals surface area contributed by atoms with E-state index >= 15 is 0 Å². The number of carbonyl (C=O) groups is 1. The van der Waals surface area contributed by atoms with Gasteiger partial charge in [0.25, 0.3) is 5.91 Å². The van der Waals surface area contributed by atoms with Gasteiger partial charge in [-0.15, -0.1) is 0 Å². The van der Waals surface area contributed by atoms with Crippen LogP contribution in [0.2, 0.25) is 0 Å². The molecular formula is C18H26N2O2. The number of benzene rings is 1. The van der Waals surface area contributed by atoms with E-state index < -0.39 is 0 Å². The van der Waals surface area contributed by atoms with Crippen LogP contribution < -0.4 is 0 Å². The van der Waals surface area contributed by atoms with Crippen molar-refractivity contribution in [3.05, 3.63) is 35.9 Å². The first-order chi connectivity index (χ1) is 10.6. The van der Waals surface area contributed by atoms with E-state index in [1.165, 1.54) is 0 Å². The molecule has 2 heterocycles. The number of ether oxygens (including phenoxy) is 1. The molecule has 0 N–H and O–H groups in total. The minimum Gasteiger partial charge on any atom is -0.368 e. The van der Waals surface area contributed by atoms with Crippen LogP contribution in [0.4, 0.5) is 0 Å². The molecule has 1 aromatic rings. The lowest BCUT2D eigenvalue weighted by molar-refractivity contribution is -0.161. The predicted molar refractivity (Wildman–Crippen MR) is 87.0 cm³/mol. The van der Waals surface area contributed by atoms with Crippen molar-refractivity contribution in [2.45, 2.75) is 38.4 Å². The maximum atomic E-state index is 12.8. The van der Waals surface area contributed by atoms with E-state index in [1.54, 1.807) is 0 Å². The lowest BCUT2D eigenvalue weighted by Crippen LogP contribution is -2.60. The van der Waals surface area contributed by atoms with Gasteiger partial charge in [0.2, 0.25) is 0 Å². The summed E-state index contributed by atoms with van der Waals surface area (Å²) in [5, 5.41) is 0. The monoisotopic (exact) mass is 302 g/mol. The fraction of sp³-hybridized carbons (Fsp3) is 0.611. The third-order valence-electron chi connectivity index (χ3n) is 4.93. The molecule has 22 heavy (non-hydrogen) atoms. The van der Waals surface area contributed by atoms with Gasteiger partial charge in [-0.25, -0.2) is 0 Å². The van der Waals surface area contributed by atoms with Crippen molar-refractivity contribution >= 4 is 5.91 Å². The number of amides is 1. The van der Waals surface area contributed by atoms with Gasteiger partial charge >= 0.3 is 0 Å². The van der Waals surface area contributed by atoms with E-state index in [9.17, 15) is 4.79 Å². The summed E-state index contributed by atoms with van der Waals surface area (Å²) in [6.45, 7) is 8.92. The number of piperidine rings is 1. The van der Waals surface area contributed by atoms with Gasteiger partial charge in [0.15, 0.2) is 0 Å². The normalized spacial score (nSPS) is 25.4. The molecule has 0 saturated carbocycles. The van der Waals surface area contributed by atoms with Gasteiger partial charge in [0.1, 0.15) is 0 Å². The first-order valence-corrected chi connectivity index (χ1v) is 8.36.